The van der Waals surface area contributed by atoms with Crippen LogP contribution in [0.5, 0.6) is 0 Å². The SMILES string of the molecule is NC(=O)CCCCNC(N)O. The number of hydrogen-bond donors (Lipinski definition) is 4. The molecular weight excluding hydrogens is 146 g/mol. The summed E-state index contributed by atoms with van der Waals surface area (Å²) in [6.07, 6.45) is 0.942. The van der Waals surface area contributed by atoms with E-state index in [1.54, 1.807) is 0 Å². The van der Waals surface area contributed by atoms with Gasteiger partial charge in [-0.15, -0.1) is 0 Å². The van der Waals surface area contributed by atoms with Crippen LogP contribution in [0.25, 0.3) is 0 Å². The van der Waals surface area contributed by atoms with Crippen molar-refractivity contribution in [3.63, 3.8) is 0 Å². The molecular formula is C6H15N3O2. The molecule has 0 saturated carbocycles. The highest BCUT2D eigenvalue weighted by Crippen LogP contribution is 1.91. The van der Waals surface area contributed by atoms with Crippen molar-refractivity contribution in [1.29, 1.82) is 0 Å². The molecule has 0 fully saturated rings. The summed E-state index contributed by atoms with van der Waals surface area (Å²) < 4.78 is 0. The van der Waals surface area contributed by atoms with Crippen LogP contribution in [-0.2, 0) is 4.79 Å². The molecule has 1 atom stereocenters. The van der Waals surface area contributed by atoms with E-state index in [0.717, 1.165) is 12.8 Å². The minimum Gasteiger partial charge on any atom is -0.370 e. The smallest absolute Gasteiger partial charge is 0.217 e. The van der Waals surface area contributed by atoms with Crippen molar-refractivity contribution in [3.8, 4) is 0 Å². The first-order valence-electron chi connectivity index (χ1n) is 3.58. The van der Waals surface area contributed by atoms with E-state index in [0.29, 0.717) is 13.0 Å². The fourth-order valence-corrected chi connectivity index (χ4v) is 0.674. The zero-order valence-electron chi connectivity index (χ0n) is 6.42. The molecule has 0 aromatic rings. The lowest BCUT2D eigenvalue weighted by Gasteiger charge is -2.05. The molecule has 0 aromatic heterocycles. The van der Waals surface area contributed by atoms with Gasteiger partial charge in [-0.2, -0.15) is 0 Å². The molecule has 0 aliphatic rings. The molecule has 0 aromatic carbocycles. The molecule has 0 aliphatic heterocycles. The summed E-state index contributed by atoms with van der Waals surface area (Å²) in [5.74, 6) is -0.293. The Morgan fingerprint density at radius 1 is 1.55 bits per heavy atom. The minimum atomic E-state index is -0.969. The first kappa shape index (κ1) is 10.3. The molecule has 66 valence electrons. The Morgan fingerprint density at radius 2 is 2.18 bits per heavy atom. The number of nitrogens with two attached hydrogens (primary N) is 2. The second kappa shape index (κ2) is 6.09. The van der Waals surface area contributed by atoms with Crippen molar-refractivity contribution in [2.45, 2.75) is 25.6 Å². The quantitative estimate of drug-likeness (QED) is 0.280. The number of primary amides is 1. The van der Waals surface area contributed by atoms with E-state index in [2.05, 4.69) is 5.32 Å². The summed E-state index contributed by atoms with van der Waals surface area (Å²) >= 11 is 0. The average molecular weight is 161 g/mol. The minimum absolute atomic E-state index is 0.293. The third kappa shape index (κ3) is 9.35. The van der Waals surface area contributed by atoms with E-state index in [4.69, 9.17) is 16.6 Å². The van der Waals surface area contributed by atoms with Gasteiger partial charge in [-0.1, -0.05) is 0 Å². The molecule has 1 amide bonds. The monoisotopic (exact) mass is 161 g/mol. The lowest BCUT2D eigenvalue weighted by molar-refractivity contribution is -0.118. The standard InChI is InChI=1S/C6H15N3O2/c7-5(10)3-1-2-4-9-6(8)11/h6,9,11H,1-4,8H2,(H2,7,10). The lowest BCUT2D eigenvalue weighted by Crippen LogP contribution is -2.37. The predicted molar refractivity (Wildman–Crippen MR) is 41.2 cm³/mol. The molecule has 0 bridgehead atoms. The molecule has 0 spiro atoms. The largest absolute Gasteiger partial charge is 0.370 e. The number of carbonyl (C=O) groups is 1. The molecule has 0 radical (unpaired) electrons. The van der Waals surface area contributed by atoms with Crippen molar-refractivity contribution in [2.24, 2.45) is 11.5 Å². The summed E-state index contributed by atoms with van der Waals surface area (Å²) in [6.45, 7) is 0.602. The van der Waals surface area contributed by atoms with Gasteiger partial charge < -0.3 is 10.8 Å². The van der Waals surface area contributed by atoms with Gasteiger partial charge in [-0.05, 0) is 19.4 Å². The number of carbonyl (C=O) groups excluding carboxylic acids is 1. The summed E-state index contributed by atoms with van der Waals surface area (Å²) in [7, 11) is 0. The molecule has 5 heteroatoms. The summed E-state index contributed by atoms with van der Waals surface area (Å²) in [5.41, 5.74) is 9.89. The van der Waals surface area contributed by atoms with Gasteiger partial charge in [0.1, 0.15) is 0 Å². The van der Waals surface area contributed by atoms with E-state index < -0.39 is 6.35 Å². The third-order valence-electron chi connectivity index (χ3n) is 1.20. The molecule has 0 heterocycles. The van der Waals surface area contributed by atoms with Gasteiger partial charge >= 0.3 is 0 Å². The number of unbranched alkanes of at least 4 members (excludes halogenated alkanes) is 1. The van der Waals surface area contributed by atoms with E-state index >= 15 is 0 Å². The van der Waals surface area contributed by atoms with Crippen molar-refractivity contribution >= 4 is 5.91 Å². The Balaban J connectivity index is 2.97. The number of aliphatic hydroxyl groups excluding tert-OH is 1. The van der Waals surface area contributed by atoms with Crippen LogP contribution in [0.3, 0.4) is 0 Å². The van der Waals surface area contributed by atoms with E-state index in [1.165, 1.54) is 0 Å². The Hall–Kier alpha value is -0.650. The van der Waals surface area contributed by atoms with E-state index in [9.17, 15) is 4.79 Å². The number of rotatable bonds is 6. The predicted octanol–water partition coefficient (Wildman–Crippen LogP) is -1.53. The van der Waals surface area contributed by atoms with E-state index in [1.807, 2.05) is 0 Å². The van der Waals surface area contributed by atoms with Crippen LogP contribution in [0.1, 0.15) is 19.3 Å². The fourth-order valence-electron chi connectivity index (χ4n) is 0.674. The highest BCUT2D eigenvalue weighted by Gasteiger charge is 1.95. The normalized spacial score (nSPS) is 12.9. The molecule has 0 aliphatic carbocycles. The van der Waals surface area contributed by atoms with Crippen molar-refractivity contribution in [2.75, 3.05) is 6.54 Å². The molecule has 0 rings (SSSR count). The first-order valence-corrected chi connectivity index (χ1v) is 3.58. The van der Waals surface area contributed by atoms with Crippen LogP contribution >= 0.6 is 0 Å². The average Bonchev–Trinajstić information content (AvgIpc) is 1.85. The van der Waals surface area contributed by atoms with Crippen LogP contribution in [0.15, 0.2) is 0 Å². The maximum atomic E-state index is 10.2. The Bertz CT molecular complexity index is 116. The molecule has 11 heavy (non-hydrogen) atoms. The fraction of sp³-hybridized carbons (Fsp3) is 0.833. The van der Waals surface area contributed by atoms with Gasteiger partial charge in [0.2, 0.25) is 5.91 Å². The number of amides is 1. The number of hydrogen-bond acceptors (Lipinski definition) is 4. The Kier molecular flexibility index (Phi) is 5.73. The van der Waals surface area contributed by atoms with Crippen LogP contribution < -0.4 is 16.8 Å². The molecule has 6 N–H and O–H groups in total. The van der Waals surface area contributed by atoms with Crippen molar-refractivity contribution in [1.82, 2.24) is 5.32 Å². The molecule has 5 nitrogen and oxygen atoms in total. The summed E-state index contributed by atoms with van der Waals surface area (Å²) in [5, 5.41) is 11.1. The highest BCUT2D eigenvalue weighted by molar-refractivity contribution is 5.73. The maximum Gasteiger partial charge on any atom is 0.217 e. The van der Waals surface area contributed by atoms with Gasteiger partial charge in [-0.3, -0.25) is 15.8 Å². The highest BCUT2D eigenvalue weighted by atomic mass is 16.3. The van der Waals surface area contributed by atoms with Crippen molar-refractivity contribution in [3.05, 3.63) is 0 Å². The van der Waals surface area contributed by atoms with Crippen LogP contribution in [0.4, 0.5) is 0 Å². The second-order valence-electron chi connectivity index (χ2n) is 2.32. The maximum absolute atomic E-state index is 10.2. The summed E-state index contributed by atoms with van der Waals surface area (Å²) in [6, 6.07) is 0. The van der Waals surface area contributed by atoms with Crippen LogP contribution in [0.2, 0.25) is 0 Å². The Labute approximate surface area is 65.7 Å². The molecule has 1 unspecified atom stereocenters. The van der Waals surface area contributed by atoms with E-state index in [-0.39, 0.29) is 5.91 Å². The van der Waals surface area contributed by atoms with Crippen LogP contribution in [0, 0.1) is 0 Å². The van der Waals surface area contributed by atoms with Gasteiger partial charge in [0.05, 0.1) is 0 Å². The number of nitrogens with one attached hydrogen (secondary N) is 1. The van der Waals surface area contributed by atoms with Gasteiger partial charge in [0, 0.05) is 6.42 Å². The summed E-state index contributed by atoms with van der Waals surface area (Å²) in [4.78, 5) is 10.2. The van der Waals surface area contributed by atoms with Gasteiger partial charge in [0.25, 0.3) is 0 Å². The Morgan fingerprint density at radius 3 is 2.64 bits per heavy atom. The van der Waals surface area contributed by atoms with Crippen molar-refractivity contribution < 1.29 is 9.90 Å². The van der Waals surface area contributed by atoms with Crippen LogP contribution in [-0.4, -0.2) is 23.9 Å². The number of aliphatic hydroxyl groups is 1. The molecule has 0 saturated heterocycles. The zero-order valence-corrected chi connectivity index (χ0v) is 6.42. The second-order valence-corrected chi connectivity index (χ2v) is 2.32. The third-order valence-corrected chi connectivity index (χ3v) is 1.20. The topological polar surface area (TPSA) is 101 Å². The lowest BCUT2D eigenvalue weighted by atomic mass is 10.2. The zero-order chi connectivity index (χ0) is 8.69. The van der Waals surface area contributed by atoms with Gasteiger partial charge in [0.15, 0.2) is 6.35 Å². The first-order chi connectivity index (χ1) is 5.13. The van der Waals surface area contributed by atoms with Gasteiger partial charge in [-0.25, -0.2) is 0 Å².